The summed E-state index contributed by atoms with van der Waals surface area (Å²) in [7, 11) is 0. The standard InChI is InChI=1S/C23H35FN4O2/c1-16-5-4-6-21(17(16)2)26-23(30)18(3)28-13-11-27(12-14-28)15-22(29)25-20-9-7-19(24)8-10-20/h7-10,16-18,21H,4-6,11-15H2,1-3H3,(H,25,29)(H,26,30)/p+2/t16-,17-,18-,21+/m1/s1. The average molecular weight is 421 g/mol. The summed E-state index contributed by atoms with van der Waals surface area (Å²) in [6.45, 7) is 10.4. The van der Waals surface area contributed by atoms with Gasteiger partial charge in [0.15, 0.2) is 12.6 Å². The molecule has 3 rings (SSSR count). The second-order valence-electron chi connectivity index (χ2n) is 9.24. The molecule has 1 aliphatic carbocycles. The van der Waals surface area contributed by atoms with E-state index < -0.39 is 0 Å². The van der Waals surface area contributed by atoms with Gasteiger partial charge in [-0.15, -0.1) is 0 Å². The van der Waals surface area contributed by atoms with Crippen molar-refractivity contribution in [1.82, 2.24) is 5.32 Å². The molecular weight excluding hydrogens is 383 g/mol. The van der Waals surface area contributed by atoms with Crippen LogP contribution in [0, 0.1) is 17.7 Å². The molecule has 0 spiro atoms. The van der Waals surface area contributed by atoms with E-state index in [0.29, 0.717) is 30.1 Å². The van der Waals surface area contributed by atoms with E-state index in [1.54, 1.807) is 12.1 Å². The molecule has 7 heteroatoms. The minimum atomic E-state index is -0.316. The van der Waals surface area contributed by atoms with Crippen LogP contribution in [0.15, 0.2) is 24.3 Å². The van der Waals surface area contributed by atoms with Crippen LogP contribution in [0.1, 0.15) is 40.0 Å². The summed E-state index contributed by atoms with van der Waals surface area (Å²) in [5, 5.41) is 6.14. The number of quaternary nitrogens is 2. The Balaban J connectivity index is 1.41. The van der Waals surface area contributed by atoms with Crippen molar-refractivity contribution in [3.63, 3.8) is 0 Å². The quantitative estimate of drug-likeness (QED) is 0.518. The molecule has 1 aromatic carbocycles. The van der Waals surface area contributed by atoms with Crippen molar-refractivity contribution in [2.75, 3.05) is 38.0 Å². The number of rotatable bonds is 6. The predicted octanol–water partition coefficient (Wildman–Crippen LogP) is -0.123. The summed E-state index contributed by atoms with van der Waals surface area (Å²) < 4.78 is 13.0. The van der Waals surface area contributed by atoms with Gasteiger partial charge >= 0.3 is 0 Å². The first-order chi connectivity index (χ1) is 14.3. The van der Waals surface area contributed by atoms with E-state index in [1.807, 2.05) is 6.92 Å². The van der Waals surface area contributed by atoms with E-state index in [9.17, 15) is 14.0 Å². The highest BCUT2D eigenvalue weighted by atomic mass is 19.1. The molecule has 166 valence electrons. The zero-order valence-corrected chi connectivity index (χ0v) is 18.5. The third-order valence-electron chi connectivity index (χ3n) is 7.18. The van der Waals surface area contributed by atoms with Crippen molar-refractivity contribution in [3.8, 4) is 0 Å². The maximum absolute atomic E-state index is 13.0. The highest BCUT2D eigenvalue weighted by Gasteiger charge is 2.34. The van der Waals surface area contributed by atoms with Crippen molar-refractivity contribution in [2.45, 2.75) is 52.1 Å². The van der Waals surface area contributed by atoms with Crippen LogP contribution in [-0.2, 0) is 9.59 Å². The zero-order valence-electron chi connectivity index (χ0n) is 18.5. The van der Waals surface area contributed by atoms with Crippen molar-refractivity contribution in [2.24, 2.45) is 11.8 Å². The summed E-state index contributed by atoms with van der Waals surface area (Å²) in [4.78, 5) is 27.6. The Morgan fingerprint density at radius 1 is 1.10 bits per heavy atom. The van der Waals surface area contributed by atoms with Crippen LogP contribution in [0.25, 0.3) is 0 Å². The Labute approximate surface area is 179 Å². The first kappa shape index (κ1) is 22.7. The van der Waals surface area contributed by atoms with Crippen LogP contribution >= 0.6 is 0 Å². The molecule has 2 amide bonds. The maximum atomic E-state index is 13.0. The Bertz CT molecular complexity index is 718. The van der Waals surface area contributed by atoms with Crippen LogP contribution in [0.4, 0.5) is 10.1 Å². The van der Waals surface area contributed by atoms with Crippen molar-refractivity contribution >= 4 is 17.5 Å². The van der Waals surface area contributed by atoms with E-state index >= 15 is 0 Å². The van der Waals surface area contributed by atoms with E-state index in [2.05, 4.69) is 24.5 Å². The molecule has 6 nitrogen and oxygen atoms in total. The number of carbonyl (C=O) groups is 2. The number of halogens is 1. The van der Waals surface area contributed by atoms with Crippen LogP contribution in [-0.4, -0.2) is 56.6 Å². The zero-order chi connectivity index (χ0) is 21.7. The molecule has 1 saturated heterocycles. The lowest BCUT2D eigenvalue weighted by Crippen LogP contribution is -3.30. The fourth-order valence-corrected chi connectivity index (χ4v) is 4.78. The molecule has 4 atom stereocenters. The highest BCUT2D eigenvalue weighted by molar-refractivity contribution is 5.91. The fourth-order valence-electron chi connectivity index (χ4n) is 4.78. The van der Waals surface area contributed by atoms with E-state index in [1.165, 1.54) is 34.8 Å². The third kappa shape index (κ3) is 6.01. The number of hydrogen-bond donors (Lipinski definition) is 4. The molecule has 2 fully saturated rings. The second-order valence-corrected chi connectivity index (χ2v) is 9.24. The van der Waals surface area contributed by atoms with Gasteiger partial charge in [0.2, 0.25) is 0 Å². The van der Waals surface area contributed by atoms with E-state index in [-0.39, 0.29) is 23.7 Å². The van der Waals surface area contributed by atoms with Crippen molar-refractivity contribution in [3.05, 3.63) is 30.1 Å². The van der Waals surface area contributed by atoms with Gasteiger partial charge in [0.1, 0.15) is 32.0 Å². The second kappa shape index (κ2) is 10.4. The summed E-state index contributed by atoms with van der Waals surface area (Å²) >= 11 is 0. The predicted molar refractivity (Wildman–Crippen MR) is 115 cm³/mol. The van der Waals surface area contributed by atoms with Gasteiger partial charge in [0.25, 0.3) is 11.8 Å². The van der Waals surface area contributed by atoms with Crippen LogP contribution in [0.2, 0.25) is 0 Å². The van der Waals surface area contributed by atoms with Gasteiger partial charge in [-0.25, -0.2) is 4.39 Å². The molecule has 1 saturated carbocycles. The molecule has 1 aliphatic heterocycles. The SMILES string of the molecule is C[C@@H]1[C@H](C)CCC[C@@H]1NC(=O)[C@@H](C)[NH+]1CC[NH+](CC(=O)Nc2ccc(F)cc2)CC1. The number of carbonyl (C=O) groups excluding carboxylic acids is 2. The Morgan fingerprint density at radius 3 is 2.43 bits per heavy atom. The summed E-state index contributed by atoms with van der Waals surface area (Å²) in [6, 6.07) is 6.05. The molecule has 0 bridgehead atoms. The molecule has 1 heterocycles. The van der Waals surface area contributed by atoms with Crippen molar-refractivity contribution < 1.29 is 23.8 Å². The number of hydrogen-bond acceptors (Lipinski definition) is 2. The smallest absolute Gasteiger partial charge is 0.279 e. The lowest BCUT2D eigenvalue weighted by molar-refractivity contribution is -1.01. The van der Waals surface area contributed by atoms with Crippen LogP contribution < -0.4 is 20.4 Å². The first-order valence-corrected chi connectivity index (χ1v) is 11.4. The molecule has 2 aliphatic rings. The van der Waals surface area contributed by atoms with Crippen molar-refractivity contribution in [1.29, 1.82) is 0 Å². The normalized spacial score (nSPS) is 30.3. The number of nitrogens with one attached hydrogen (secondary N) is 4. The maximum Gasteiger partial charge on any atom is 0.279 e. The van der Waals surface area contributed by atoms with Gasteiger partial charge in [-0.3, -0.25) is 9.59 Å². The van der Waals surface area contributed by atoms with Crippen LogP contribution in [0.5, 0.6) is 0 Å². The highest BCUT2D eigenvalue weighted by Crippen LogP contribution is 2.29. The summed E-state index contributed by atoms with van der Waals surface area (Å²) in [5.41, 5.74) is 0.613. The van der Waals surface area contributed by atoms with Gasteiger partial charge in [-0.2, -0.15) is 0 Å². The van der Waals surface area contributed by atoms with Gasteiger partial charge in [0.05, 0.1) is 0 Å². The summed E-state index contributed by atoms with van der Waals surface area (Å²) in [5.74, 6) is 0.980. The molecule has 0 radical (unpaired) electrons. The van der Waals surface area contributed by atoms with Gasteiger partial charge in [-0.1, -0.05) is 26.7 Å². The molecule has 4 N–H and O–H groups in total. The lowest BCUT2D eigenvalue weighted by atomic mass is 9.78. The van der Waals surface area contributed by atoms with Gasteiger partial charge in [0, 0.05) is 11.7 Å². The molecule has 0 aromatic heterocycles. The first-order valence-electron chi connectivity index (χ1n) is 11.4. The molecule has 30 heavy (non-hydrogen) atoms. The minimum Gasteiger partial charge on any atom is -0.348 e. The number of amides is 2. The van der Waals surface area contributed by atoms with E-state index in [4.69, 9.17) is 0 Å². The monoisotopic (exact) mass is 420 g/mol. The molecule has 1 aromatic rings. The lowest BCUT2D eigenvalue weighted by Gasteiger charge is -2.36. The Morgan fingerprint density at radius 2 is 1.77 bits per heavy atom. The Hall–Kier alpha value is -1.99. The fraction of sp³-hybridized carbons (Fsp3) is 0.652. The summed E-state index contributed by atoms with van der Waals surface area (Å²) in [6.07, 6.45) is 3.54. The number of piperazine rings is 1. The van der Waals surface area contributed by atoms with Gasteiger partial charge in [-0.05, 0) is 49.4 Å². The van der Waals surface area contributed by atoms with Gasteiger partial charge < -0.3 is 20.4 Å². The third-order valence-corrected chi connectivity index (χ3v) is 7.18. The Kier molecular flexibility index (Phi) is 7.83. The minimum absolute atomic E-state index is 0.0637. The van der Waals surface area contributed by atoms with Crippen LogP contribution in [0.3, 0.4) is 0 Å². The average Bonchev–Trinajstić information content (AvgIpc) is 2.73. The number of anilines is 1. The largest absolute Gasteiger partial charge is 0.348 e. The number of benzene rings is 1. The topological polar surface area (TPSA) is 67.1 Å². The molecule has 0 unspecified atom stereocenters. The molecular formula is C23H37FN4O2+2. The van der Waals surface area contributed by atoms with E-state index in [0.717, 1.165) is 32.6 Å².